The Kier molecular flexibility index (Phi) is 31.3. The Morgan fingerprint density at radius 3 is 1.40 bits per heavy atom. The summed E-state index contributed by atoms with van der Waals surface area (Å²) < 4.78 is 0. The van der Waals surface area contributed by atoms with Gasteiger partial charge in [0.25, 0.3) is 0 Å². The normalized spacial score (nSPS) is 13.6. The summed E-state index contributed by atoms with van der Waals surface area (Å²) in [6.45, 7) is 16.3. The molecule has 0 bridgehead atoms. The van der Waals surface area contributed by atoms with Crippen molar-refractivity contribution in [2.45, 2.75) is 207 Å². The van der Waals surface area contributed by atoms with Gasteiger partial charge in [-0.2, -0.15) is 0 Å². The van der Waals surface area contributed by atoms with Crippen molar-refractivity contribution in [1.29, 1.82) is 0 Å². The van der Waals surface area contributed by atoms with Gasteiger partial charge in [-0.15, -0.1) is 0 Å². The molecule has 2 atom stereocenters. The average molecular weight is 592 g/mol. The van der Waals surface area contributed by atoms with E-state index < -0.39 is 0 Å². The van der Waals surface area contributed by atoms with Crippen molar-refractivity contribution >= 4 is 0 Å². The summed E-state index contributed by atoms with van der Waals surface area (Å²) in [6.07, 6.45) is 34.2. The van der Waals surface area contributed by atoms with Crippen molar-refractivity contribution < 1.29 is 10.2 Å². The molecule has 0 aromatic carbocycles. The Balaban J connectivity index is 3.97. The lowest BCUT2D eigenvalue weighted by Crippen LogP contribution is -2.26. The first kappa shape index (κ1) is 41.4. The minimum atomic E-state index is -0.231. The maximum absolute atomic E-state index is 10.5. The first-order valence-corrected chi connectivity index (χ1v) is 18.8. The van der Waals surface area contributed by atoms with Crippen LogP contribution in [0, 0.1) is 0 Å². The summed E-state index contributed by atoms with van der Waals surface area (Å²) >= 11 is 0. The first-order valence-electron chi connectivity index (χ1n) is 18.8. The van der Waals surface area contributed by atoms with Crippen LogP contribution in [0.3, 0.4) is 0 Å². The number of hydrogen-bond donors (Lipinski definition) is 2. The number of aliphatic hydroxyl groups excluding tert-OH is 2. The monoisotopic (exact) mass is 592 g/mol. The van der Waals surface area contributed by atoms with Crippen LogP contribution >= 0.6 is 0 Å². The quantitative estimate of drug-likeness (QED) is 0.0589. The van der Waals surface area contributed by atoms with Gasteiger partial charge >= 0.3 is 0 Å². The average Bonchev–Trinajstić information content (AvgIpc) is 2.96. The van der Waals surface area contributed by atoms with Crippen LogP contribution in [-0.2, 0) is 0 Å². The number of unbranched alkanes of at least 4 members (excludes halogenated alkanes) is 18. The zero-order chi connectivity index (χ0) is 31.1. The Hall–Kier alpha value is -0.640. The molecule has 0 radical (unpaired) electrons. The van der Waals surface area contributed by atoms with Crippen molar-refractivity contribution in [3.8, 4) is 0 Å². The summed E-state index contributed by atoms with van der Waals surface area (Å²) in [5.41, 5.74) is 2.49. The van der Waals surface area contributed by atoms with E-state index in [4.69, 9.17) is 0 Å². The lowest BCUT2D eigenvalue weighted by Gasteiger charge is -2.22. The predicted octanol–water partition coefficient (Wildman–Crippen LogP) is 11.7. The van der Waals surface area contributed by atoms with E-state index in [0.29, 0.717) is 0 Å². The van der Waals surface area contributed by atoms with Crippen LogP contribution < -0.4 is 0 Å². The van der Waals surface area contributed by atoms with Crippen molar-refractivity contribution in [1.82, 2.24) is 4.90 Å². The van der Waals surface area contributed by atoms with E-state index in [1.54, 1.807) is 0 Å². The van der Waals surface area contributed by atoms with Gasteiger partial charge in [0.15, 0.2) is 0 Å². The number of nitrogens with zero attached hydrogens (tertiary/aromatic N) is 1. The molecule has 3 nitrogen and oxygen atoms in total. The van der Waals surface area contributed by atoms with Crippen LogP contribution in [0.4, 0.5) is 0 Å². The topological polar surface area (TPSA) is 43.7 Å². The van der Waals surface area contributed by atoms with Gasteiger partial charge in [-0.05, 0) is 52.0 Å². The first-order chi connectivity index (χ1) is 20.4. The molecule has 0 saturated heterocycles. The zero-order valence-electron chi connectivity index (χ0n) is 29.3. The van der Waals surface area contributed by atoms with Crippen molar-refractivity contribution in [3.05, 3.63) is 23.8 Å². The highest BCUT2D eigenvalue weighted by Gasteiger charge is 2.10. The molecule has 0 saturated carbocycles. The molecule has 250 valence electrons. The minimum absolute atomic E-state index is 0.202. The summed E-state index contributed by atoms with van der Waals surface area (Å²) in [7, 11) is 0. The van der Waals surface area contributed by atoms with Crippen LogP contribution in [0.25, 0.3) is 0 Å². The Labute approximate surface area is 265 Å². The Morgan fingerprint density at radius 2 is 0.976 bits per heavy atom. The molecule has 0 aliphatic rings. The van der Waals surface area contributed by atoms with Gasteiger partial charge in [0.1, 0.15) is 0 Å². The second-order valence-corrected chi connectivity index (χ2v) is 13.5. The molecule has 0 amide bonds. The minimum Gasteiger partial charge on any atom is -0.393 e. The highest BCUT2D eigenvalue weighted by molar-refractivity contribution is 5.02. The maximum atomic E-state index is 10.5. The van der Waals surface area contributed by atoms with Gasteiger partial charge in [0, 0.05) is 13.1 Å². The highest BCUT2D eigenvalue weighted by atomic mass is 16.3. The molecule has 0 aromatic rings. The van der Waals surface area contributed by atoms with E-state index in [1.807, 2.05) is 0 Å². The van der Waals surface area contributed by atoms with Gasteiger partial charge in [-0.25, -0.2) is 0 Å². The molecule has 2 N–H and O–H groups in total. The summed E-state index contributed by atoms with van der Waals surface area (Å²) in [6, 6.07) is 0. The zero-order valence-corrected chi connectivity index (χ0v) is 29.3. The second-order valence-electron chi connectivity index (χ2n) is 13.5. The van der Waals surface area contributed by atoms with E-state index >= 15 is 0 Å². The fraction of sp³-hybridized carbons (Fsp3) is 0.897. The lowest BCUT2D eigenvalue weighted by molar-refractivity contribution is 0.159. The molecule has 3 heteroatoms. The van der Waals surface area contributed by atoms with Crippen molar-refractivity contribution in [2.24, 2.45) is 0 Å². The fourth-order valence-electron chi connectivity index (χ4n) is 6.04. The third kappa shape index (κ3) is 29.4. The van der Waals surface area contributed by atoms with Crippen LogP contribution in [0.15, 0.2) is 23.8 Å². The standard InChI is InChI=1S/C39H77NO2/c1-6-9-11-13-15-17-19-21-23-25-27-38(41)34-36(4)29-32-40(31-8-3)33-30-37(5)35-39(42)28-26-24-22-20-18-16-14-12-10-7-2/h30,38-39,41-42H,4,6-29,31-35H2,1-3,5H3/b37-30-. The fourth-order valence-corrected chi connectivity index (χ4v) is 6.04. The molecule has 2 unspecified atom stereocenters. The molecule has 0 fully saturated rings. The van der Waals surface area contributed by atoms with Gasteiger partial charge in [0.2, 0.25) is 0 Å². The van der Waals surface area contributed by atoms with Crippen LogP contribution in [0.5, 0.6) is 0 Å². The number of aliphatic hydroxyl groups is 2. The van der Waals surface area contributed by atoms with E-state index in [1.165, 1.54) is 127 Å². The van der Waals surface area contributed by atoms with Crippen LogP contribution in [0.2, 0.25) is 0 Å². The summed E-state index contributed by atoms with van der Waals surface area (Å²) in [4.78, 5) is 2.50. The number of hydrogen-bond acceptors (Lipinski definition) is 3. The third-order valence-corrected chi connectivity index (χ3v) is 8.88. The summed E-state index contributed by atoms with van der Waals surface area (Å²) in [5.74, 6) is 0. The van der Waals surface area contributed by atoms with Crippen molar-refractivity contribution in [3.63, 3.8) is 0 Å². The molecule has 0 spiro atoms. The second kappa shape index (κ2) is 31.8. The summed E-state index contributed by atoms with van der Waals surface area (Å²) in [5, 5.41) is 21.0. The van der Waals surface area contributed by atoms with Gasteiger partial charge in [0.05, 0.1) is 12.2 Å². The molecule has 0 aliphatic carbocycles. The maximum Gasteiger partial charge on any atom is 0.0577 e. The third-order valence-electron chi connectivity index (χ3n) is 8.88. The molecule has 0 aliphatic heterocycles. The SMILES string of the molecule is C=C(CCN(C/C=C(/C)CC(O)CCCCCCCCCCCC)CCC)CC(O)CCCCCCCCCCCC. The Morgan fingerprint density at radius 1 is 0.571 bits per heavy atom. The van der Waals surface area contributed by atoms with E-state index in [9.17, 15) is 10.2 Å². The molecule has 42 heavy (non-hydrogen) atoms. The van der Waals surface area contributed by atoms with Crippen LogP contribution in [0.1, 0.15) is 195 Å². The van der Waals surface area contributed by atoms with Gasteiger partial charge in [-0.3, -0.25) is 4.90 Å². The molecule has 0 aromatic heterocycles. The predicted molar refractivity (Wildman–Crippen MR) is 188 cm³/mol. The van der Waals surface area contributed by atoms with E-state index in [-0.39, 0.29) is 12.2 Å². The van der Waals surface area contributed by atoms with E-state index in [0.717, 1.165) is 71.0 Å². The lowest BCUT2D eigenvalue weighted by atomic mass is 10.0. The molecule has 0 rings (SSSR count). The van der Waals surface area contributed by atoms with Gasteiger partial charge in [-0.1, -0.05) is 173 Å². The largest absolute Gasteiger partial charge is 0.393 e. The number of rotatable bonds is 33. The van der Waals surface area contributed by atoms with E-state index in [2.05, 4.69) is 45.2 Å². The smallest absolute Gasteiger partial charge is 0.0577 e. The van der Waals surface area contributed by atoms with Crippen LogP contribution in [-0.4, -0.2) is 47.0 Å². The molecular formula is C39H77NO2. The molecular weight excluding hydrogens is 514 g/mol. The van der Waals surface area contributed by atoms with Gasteiger partial charge < -0.3 is 10.2 Å². The Bertz CT molecular complexity index is 601. The highest BCUT2D eigenvalue weighted by Crippen LogP contribution is 2.18. The van der Waals surface area contributed by atoms with Crippen molar-refractivity contribution in [2.75, 3.05) is 19.6 Å². The molecule has 0 heterocycles.